The van der Waals surface area contributed by atoms with Gasteiger partial charge in [-0.1, -0.05) is 25.0 Å². The maximum Gasteiger partial charge on any atom is 0.416 e. The van der Waals surface area contributed by atoms with Crippen LogP contribution in [0.5, 0.6) is 0 Å². The summed E-state index contributed by atoms with van der Waals surface area (Å²) >= 11 is 1.10. The minimum absolute atomic E-state index is 0.0206. The molecule has 9 heteroatoms. The van der Waals surface area contributed by atoms with E-state index in [1.807, 2.05) is 0 Å². The number of thiazole rings is 1. The lowest BCUT2D eigenvalue weighted by molar-refractivity contribution is -0.137. The smallest absolute Gasteiger partial charge is 0.354 e. The predicted octanol–water partition coefficient (Wildman–Crippen LogP) is 3.87. The molecule has 0 spiro atoms. The quantitative estimate of drug-likeness (QED) is 0.709. The molecule has 1 fully saturated rings. The fourth-order valence-corrected chi connectivity index (χ4v) is 3.92. The molecule has 0 aliphatic heterocycles. The van der Waals surface area contributed by atoms with Crippen molar-refractivity contribution in [3.05, 3.63) is 40.9 Å². The van der Waals surface area contributed by atoms with Crippen molar-refractivity contribution in [1.29, 1.82) is 0 Å². The lowest BCUT2D eigenvalue weighted by Crippen LogP contribution is -2.37. The topological polar surface area (TPSA) is 71.1 Å². The Bertz CT molecular complexity index is 845. The normalized spacial score (nSPS) is 14.8. The maximum atomic E-state index is 12.8. The highest BCUT2D eigenvalue weighted by molar-refractivity contribution is 7.13. The van der Waals surface area contributed by atoms with Crippen LogP contribution in [0.3, 0.4) is 0 Å². The van der Waals surface area contributed by atoms with Crippen LogP contribution in [0.1, 0.15) is 41.7 Å². The van der Waals surface area contributed by atoms with Crippen molar-refractivity contribution in [3.63, 3.8) is 0 Å². The molecule has 150 valence electrons. The number of halogens is 3. The van der Waals surface area contributed by atoms with Crippen LogP contribution in [-0.4, -0.2) is 29.9 Å². The number of alkyl halides is 3. The highest BCUT2D eigenvalue weighted by Gasteiger charge is 2.30. The van der Waals surface area contributed by atoms with Crippen molar-refractivity contribution in [1.82, 2.24) is 15.6 Å². The van der Waals surface area contributed by atoms with Gasteiger partial charge in [-0.25, -0.2) is 4.98 Å². The van der Waals surface area contributed by atoms with E-state index in [0.717, 1.165) is 49.2 Å². The van der Waals surface area contributed by atoms with Gasteiger partial charge in [-0.15, -0.1) is 11.3 Å². The van der Waals surface area contributed by atoms with E-state index in [0.29, 0.717) is 17.1 Å². The molecular formula is C19H20F3N3O2S. The number of carbonyl (C=O) groups is 2. The molecule has 1 saturated carbocycles. The Balaban J connectivity index is 1.52. The average Bonchev–Trinajstić information content (AvgIpc) is 3.36. The molecule has 2 aromatic rings. The first-order chi connectivity index (χ1) is 13.3. The molecule has 1 aliphatic carbocycles. The van der Waals surface area contributed by atoms with Gasteiger partial charge in [0.15, 0.2) is 0 Å². The zero-order valence-electron chi connectivity index (χ0n) is 15.0. The molecule has 1 heterocycles. The molecule has 1 aromatic carbocycles. The van der Waals surface area contributed by atoms with Crippen molar-refractivity contribution in [2.45, 2.75) is 31.9 Å². The number of carbonyl (C=O) groups excluding carboxylic acids is 2. The third-order valence-electron chi connectivity index (χ3n) is 4.61. The Kier molecular flexibility index (Phi) is 6.33. The standard InChI is InChI=1S/C19H20F3N3O2S/c20-19(21,22)14-7-3-6-13(10-14)18-25-15(11-28-18)17(27)24-9-8-23-16(26)12-4-1-2-5-12/h3,6-7,10-12H,1-2,4-5,8-9H2,(H,23,26)(H,24,27). The average molecular weight is 411 g/mol. The Morgan fingerprint density at radius 1 is 1.14 bits per heavy atom. The van der Waals surface area contributed by atoms with Gasteiger partial charge in [0.25, 0.3) is 5.91 Å². The predicted molar refractivity (Wildman–Crippen MR) is 99.9 cm³/mol. The monoisotopic (exact) mass is 411 g/mol. The minimum Gasteiger partial charge on any atom is -0.354 e. The van der Waals surface area contributed by atoms with E-state index >= 15 is 0 Å². The number of nitrogens with zero attached hydrogens (tertiary/aromatic N) is 1. The summed E-state index contributed by atoms with van der Waals surface area (Å²) in [5.41, 5.74) is -0.313. The number of benzene rings is 1. The summed E-state index contributed by atoms with van der Waals surface area (Å²) in [4.78, 5) is 28.2. The van der Waals surface area contributed by atoms with E-state index in [1.165, 1.54) is 17.5 Å². The van der Waals surface area contributed by atoms with Crippen LogP contribution < -0.4 is 10.6 Å². The van der Waals surface area contributed by atoms with Crippen molar-refractivity contribution < 1.29 is 22.8 Å². The number of hydrogen-bond acceptors (Lipinski definition) is 4. The number of nitrogens with one attached hydrogen (secondary N) is 2. The van der Waals surface area contributed by atoms with Gasteiger partial charge >= 0.3 is 6.18 Å². The van der Waals surface area contributed by atoms with Crippen LogP contribution in [0.15, 0.2) is 29.6 Å². The lowest BCUT2D eigenvalue weighted by Gasteiger charge is -2.10. The zero-order chi connectivity index (χ0) is 20.1. The van der Waals surface area contributed by atoms with Gasteiger partial charge in [-0.3, -0.25) is 9.59 Å². The van der Waals surface area contributed by atoms with Gasteiger partial charge in [0.05, 0.1) is 5.56 Å². The summed E-state index contributed by atoms with van der Waals surface area (Å²) < 4.78 is 38.5. The van der Waals surface area contributed by atoms with E-state index in [-0.39, 0.29) is 24.1 Å². The van der Waals surface area contributed by atoms with Gasteiger partial charge in [-0.2, -0.15) is 13.2 Å². The second-order valence-corrected chi connectivity index (χ2v) is 7.50. The fraction of sp³-hybridized carbons (Fsp3) is 0.421. The molecule has 2 N–H and O–H groups in total. The molecule has 0 saturated heterocycles. The first-order valence-electron chi connectivity index (χ1n) is 9.03. The SMILES string of the molecule is O=C(NCCNC(=O)C1CCCC1)c1csc(-c2cccc(C(F)(F)F)c2)n1. The van der Waals surface area contributed by atoms with Gasteiger partial charge in [0.2, 0.25) is 5.91 Å². The lowest BCUT2D eigenvalue weighted by atomic mass is 10.1. The summed E-state index contributed by atoms with van der Waals surface area (Å²) in [6, 6.07) is 4.84. The summed E-state index contributed by atoms with van der Waals surface area (Å²) in [6.45, 7) is 0.583. The molecule has 0 unspecified atom stereocenters. The van der Waals surface area contributed by atoms with E-state index in [1.54, 1.807) is 0 Å². The summed E-state index contributed by atoms with van der Waals surface area (Å²) in [6.07, 6.45) is -0.458. The van der Waals surface area contributed by atoms with Crippen molar-refractivity contribution in [2.75, 3.05) is 13.1 Å². The molecule has 2 amide bonds. The molecule has 0 radical (unpaired) electrons. The van der Waals surface area contributed by atoms with Crippen LogP contribution in [0.25, 0.3) is 10.6 Å². The number of amides is 2. The van der Waals surface area contributed by atoms with Crippen LogP contribution in [-0.2, 0) is 11.0 Å². The summed E-state index contributed by atoms with van der Waals surface area (Å²) in [5, 5.41) is 7.30. The van der Waals surface area contributed by atoms with Gasteiger partial charge in [0.1, 0.15) is 10.7 Å². The molecule has 3 rings (SSSR count). The first-order valence-corrected chi connectivity index (χ1v) is 9.91. The largest absolute Gasteiger partial charge is 0.416 e. The Morgan fingerprint density at radius 2 is 1.86 bits per heavy atom. The molecule has 1 aliphatic rings. The van der Waals surface area contributed by atoms with Crippen molar-refractivity contribution in [3.8, 4) is 10.6 Å². The minimum atomic E-state index is -4.43. The second-order valence-electron chi connectivity index (χ2n) is 6.64. The van der Waals surface area contributed by atoms with Crippen LogP contribution >= 0.6 is 11.3 Å². The van der Waals surface area contributed by atoms with E-state index in [9.17, 15) is 22.8 Å². The number of rotatable bonds is 6. The zero-order valence-corrected chi connectivity index (χ0v) is 15.8. The van der Waals surface area contributed by atoms with E-state index in [2.05, 4.69) is 15.6 Å². The van der Waals surface area contributed by atoms with Gasteiger partial charge in [-0.05, 0) is 25.0 Å². The maximum absolute atomic E-state index is 12.8. The third-order valence-corrected chi connectivity index (χ3v) is 5.50. The Morgan fingerprint density at radius 3 is 2.57 bits per heavy atom. The molecule has 28 heavy (non-hydrogen) atoms. The molecular weight excluding hydrogens is 391 g/mol. The molecule has 0 atom stereocenters. The fourth-order valence-electron chi connectivity index (χ4n) is 3.12. The van der Waals surface area contributed by atoms with Gasteiger partial charge in [0, 0.05) is 30.0 Å². The van der Waals surface area contributed by atoms with E-state index in [4.69, 9.17) is 0 Å². The van der Waals surface area contributed by atoms with Crippen molar-refractivity contribution in [2.24, 2.45) is 5.92 Å². The second kappa shape index (κ2) is 8.72. The van der Waals surface area contributed by atoms with Crippen LogP contribution in [0.4, 0.5) is 13.2 Å². The summed E-state index contributed by atoms with van der Waals surface area (Å²) in [7, 11) is 0. The van der Waals surface area contributed by atoms with Crippen LogP contribution in [0, 0.1) is 5.92 Å². The molecule has 0 bridgehead atoms. The summed E-state index contributed by atoms with van der Waals surface area (Å²) in [5.74, 6) is -0.332. The van der Waals surface area contributed by atoms with Gasteiger partial charge < -0.3 is 10.6 Å². The number of aromatic nitrogens is 1. The molecule has 1 aromatic heterocycles. The first kappa shape index (κ1) is 20.3. The Hall–Kier alpha value is -2.42. The highest BCUT2D eigenvalue weighted by Crippen LogP contribution is 2.33. The molecule has 5 nitrogen and oxygen atoms in total. The highest BCUT2D eigenvalue weighted by atomic mass is 32.1. The third kappa shape index (κ3) is 5.09. The Labute approximate surface area is 164 Å². The van der Waals surface area contributed by atoms with E-state index < -0.39 is 17.6 Å². The number of hydrogen-bond donors (Lipinski definition) is 2. The van der Waals surface area contributed by atoms with Crippen LogP contribution in [0.2, 0.25) is 0 Å². The van der Waals surface area contributed by atoms with Crippen molar-refractivity contribution >= 4 is 23.2 Å².